The van der Waals surface area contributed by atoms with Crippen LogP contribution in [0, 0.1) is 44.3 Å². The van der Waals surface area contributed by atoms with Crippen LogP contribution in [0.2, 0.25) is 5.02 Å². The number of likely N-dealkylation sites (tertiary alicyclic amines) is 2. The number of hydrogen-bond acceptors (Lipinski definition) is 12. The zero-order valence-corrected chi connectivity index (χ0v) is 47.6. The van der Waals surface area contributed by atoms with Crippen molar-refractivity contribution >= 4 is 86.0 Å². The number of benzene rings is 3. The Morgan fingerprint density at radius 2 is 1.57 bits per heavy atom. The number of hydrogen-bond donors (Lipinski definition) is 3. The second-order valence-corrected chi connectivity index (χ2v) is 24.2. The number of aliphatic imine (C=N–C) groups is 1. The minimum atomic E-state index is -1.21. The predicted octanol–water partition coefficient (Wildman–Crippen LogP) is 6.82. The van der Waals surface area contributed by atoms with Gasteiger partial charge in [0.1, 0.15) is 35.8 Å². The van der Waals surface area contributed by atoms with Crippen molar-refractivity contribution in [3.63, 3.8) is 0 Å². The Kier molecular flexibility index (Phi) is 14.8. The molecule has 20 nitrogen and oxygen atoms in total. The number of nitrogens with zero attached hydrogens (tertiary/aromatic N) is 11. The summed E-state index contributed by atoms with van der Waals surface area (Å²) in [6, 6.07) is 15.4. The summed E-state index contributed by atoms with van der Waals surface area (Å²) in [4.78, 5) is 92.5. The summed E-state index contributed by atoms with van der Waals surface area (Å²) in [6.07, 6.45) is 6.27. The second-order valence-electron chi connectivity index (χ2n) is 22.6. The Morgan fingerprint density at radius 1 is 0.829 bits per heavy atom. The molecule has 1 aliphatic carbocycles. The number of piperidine rings is 4. The van der Waals surface area contributed by atoms with Gasteiger partial charge in [-0.2, -0.15) is 10.2 Å². The summed E-state index contributed by atoms with van der Waals surface area (Å²) in [5.74, 6) is -2.05. The average molecular weight is 1150 g/mol. The van der Waals surface area contributed by atoms with E-state index < -0.39 is 42.7 Å². The molecule has 0 radical (unpaired) electrons. The fourth-order valence-corrected chi connectivity index (χ4v) is 14.6. The van der Waals surface area contributed by atoms with Gasteiger partial charge in [-0.15, -0.1) is 21.5 Å². The number of aliphatic carboxylic acids is 1. The van der Waals surface area contributed by atoms with Gasteiger partial charge >= 0.3 is 5.97 Å². The first-order valence-electron chi connectivity index (χ1n) is 28.1. The van der Waals surface area contributed by atoms with Gasteiger partial charge in [0.05, 0.1) is 47.5 Å². The standard InChI is InChI=1S/C59H63ClFN13O7S/c1-31-32(2)82-59-52(31)54(35-9-11-39(60)12-10-35)65-44(56-67-66-33(3)74(56)59)25-50(77)70-18-16-37(17-19-70)57(80)72-29-34-8-13-45(72)42(22-34)58(81)71-20-14-36(15-21-71)55-53-40(41-24-47-38(23-43(41)61)26-64-69(47)4)6-5-7-46(53)73(68-55)30-49(76)62-27-48(75)63-28-51(78)79/h5-7,9-12,23-24,26,34,36-37,42,44-45H,8,13-22,25,27-30H2,1-4H3,(H,62,76)(H,63,75)(H,78,79)/t34?,42?,44-,45?/m0/s1. The molecule has 23 heteroatoms. The number of carboxylic acid groups (broad SMARTS) is 1. The van der Waals surface area contributed by atoms with Crippen LogP contribution in [0.4, 0.5) is 4.39 Å². The number of thiophene rings is 1. The molecule has 4 atom stereocenters. The van der Waals surface area contributed by atoms with Gasteiger partial charge in [-0.25, -0.2) is 4.39 Å². The largest absolute Gasteiger partial charge is 0.480 e. The van der Waals surface area contributed by atoms with Gasteiger partial charge in [0, 0.05) is 95.0 Å². The normalized spacial score (nSPS) is 20.2. The molecule has 9 heterocycles. The van der Waals surface area contributed by atoms with Gasteiger partial charge in [0.15, 0.2) is 5.82 Å². The zero-order chi connectivity index (χ0) is 57.2. The van der Waals surface area contributed by atoms with Gasteiger partial charge in [-0.3, -0.25) is 47.7 Å². The SMILES string of the molecule is Cc1sc2c(c1C)C(c1ccc(Cl)cc1)=N[C@@H](CC(=O)N1CCC(C(=O)N3CC4CCC3C(C(=O)N3CCC(c5nn(CC(=O)NCC(=O)NCC(=O)O)c6cccc(-c7cc8c(cnn8C)cc7F)c56)CC3)C4)CC1)c1nnc(C)n1-2. The number of carboxylic acids is 1. The first-order valence-corrected chi connectivity index (χ1v) is 29.3. The molecule has 5 amide bonds. The third kappa shape index (κ3) is 10.2. The molecule has 6 aliphatic rings. The Morgan fingerprint density at radius 3 is 2.32 bits per heavy atom. The van der Waals surface area contributed by atoms with Crippen LogP contribution in [0.3, 0.4) is 0 Å². The molecule has 2 bridgehead atoms. The van der Waals surface area contributed by atoms with Crippen LogP contribution in [-0.4, -0.2) is 147 Å². The molecule has 3 aromatic carbocycles. The summed E-state index contributed by atoms with van der Waals surface area (Å²) in [5, 5.41) is 35.0. The predicted molar refractivity (Wildman–Crippen MR) is 305 cm³/mol. The smallest absolute Gasteiger partial charge is 0.322 e. The van der Waals surface area contributed by atoms with Gasteiger partial charge < -0.3 is 30.4 Å². The highest BCUT2D eigenvalue weighted by atomic mass is 35.5. The van der Waals surface area contributed by atoms with Gasteiger partial charge in [-0.1, -0.05) is 35.9 Å². The minimum Gasteiger partial charge on any atom is -0.480 e. The van der Waals surface area contributed by atoms with Crippen molar-refractivity contribution in [2.24, 2.45) is 29.8 Å². The van der Waals surface area contributed by atoms with Crippen molar-refractivity contribution in [1.29, 1.82) is 0 Å². The third-order valence-electron chi connectivity index (χ3n) is 17.6. The van der Waals surface area contributed by atoms with Crippen LogP contribution in [0.15, 0.2) is 65.8 Å². The first kappa shape index (κ1) is 54.7. The molecule has 7 aromatic rings. The molecular formula is C59H63ClFN13O7S. The van der Waals surface area contributed by atoms with Gasteiger partial charge in [0.2, 0.25) is 29.5 Å². The first-order chi connectivity index (χ1) is 39.5. The molecule has 4 saturated heterocycles. The molecular weight excluding hydrogens is 1090 g/mol. The van der Waals surface area contributed by atoms with Crippen LogP contribution in [-0.2, 0) is 42.4 Å². The molecule has 1 saturated carbocycles. The van der Waals surface area contributed by atoms with Crippen LogP contribution >= 0.6 is 22.9 Å². The van der Waals surface area contributed by atoms with E-state index in [1.54, 1.807) is 46.1 Å². The Hall–Kier alpha value is -7.85. The minimum absolute atomic E-state index is 0.0458. The lowest BCUT2D eigenvalue weighted by atomic mass is 9.71. The number of nitrogens with one attached hydrogen (secondary N) is 2. The molecule has 426 valence electrons. The summed E-state index contributed by atoms with van der Waals surface area (Å²) in [6.45, 7) is 7.18. The fraction of sp³-hybridized carbons (Fsp3) is 0.441. The Bertz CT molecular complexity index is 3760. The number of aryl methyl sites for hydroxylation is 3. The monoisotopic (exact) mass is 1150 g/mol. The van der Waals surface area contributed by atoms with E-state index >= 15 is 4.39 Å². The maximum Gasteiger partial charge on any atom is 0.322 e. The zero-order valence-electron chi connectivity index (χ0n) is 46.0. The van der Waals surface area contributed by atoms with E-state index in [0.717, 1.165) is 57.1 Å². The number of rotatable bonds is 13. The van der Waals surface area contributed by atoms with E-state index in [-0.39, 0.29) is 60.4 Å². The number of amides is 5. The highest BCUT2D eigenvalue weighted by molar-refractivity contribution is 7.15. The molecule has 4 aromatic heterocycles. The second kappa shape index (κ2) is 22.1. The van der Waals surface area contributed by atoms with Crippen molar-refractivity contribution < 1.29 is 38.3 Å². The van der Waals surface area contributed by atoms with Crippen molar-refractivity contribution in [3.05, 3.63) is 111 Å². The summed E-state index contributed by atoms with van der Waals surface area (Å²) >= 11 is 7.99. The molecule has 13 rings (SSSR count). The summed E-state index contributed by atoms with van der Waals surface area (Å²) in [5.41, 5.74) is 6.69. The van der Waals surface area contributed by atoms with Crippen LogP contribution in [0.25, 0.3) is 37.9 Å². The van der Waals surface area contributed by atoms with Crippen molar-refractivity contribution in [2.75, 3.05) is 45.8 Å². The number of halogens is 2. The Balaban J connectivity index is 0.716. The van der Waals surface area contributed by atoms with E-state index in [1.165, 1.54) is 6.07 Å². The number of carbonyl (C=O) groups is 6. The molecule has 82 heavy (non-hydrogen) atoms. The summed E-state index contributed by atoms with van der Waals surface area (Å²) < 4.78 is 21.4. The quantitative estimate of drug-likeness (QED) is 0.108. The number of carbonyl (C=O) groups excluding carboxylic acids is 5. The van der Waals surface area contributed by atoms with Crippen LogP contribution in [0.5, 0.6) is 0 Å². The lowest BCUT2D eigenvalue weighted by molar-refractivity contribution is -0.156. The lowest BCUT2D eigenvalue weighted by Crippen LogP contribution is -2.61. The number of fused-ring (bicyclic) bond motifs is 8. The number of aromatic nitrogens is 7. The van der Waals surface area contributed by atoms with E-state index in [0.29, 0.717) is 108 Å². The van der Waals surface area contributed by atoms with Crippen LogP contribution in [0.1, 0.15) is 102 Å². The Labute approximate surface area is 480 Å². The average Bonchev–Trinajstić information content (AvgIpc) is 2.61. The lowest BCUT2D eigenvalue weighted by Gasteiger charge is -2.51. The topological polar surface area (TPSA) is 235 Å². The van der Waals surface area contributed by atoms with Gasteiger partial charge in [-0.05, 0) is 113 Å². The highest BCUT2D eigenvalue weighted by Gasteiger charge is 2.49. The van der Waals surface area contributed by atoms with Crippen LogP contribution < -0.4 is 10.6 Å². The van der Waals surface area contributed by atoms with Gasteiger partial charge in [0.25, 0.3) is 0 Å². The third-order valence-corrected chi connectivity index (χ3v) is 19.0. The van der Waals surface area contributed by atoms with E-state index in [1.807, 2.05) is 62.6 Å². The van der Waals surface area contributed by atoms with Crippen molar-refractivity contribution in [3.8, 4) is 16.1 Å². The van der Waals surface area contributed by atoms with Crippen molar-refractivity contribution in [2.45, 2.75) is 96.7 Å². The summed E-state index contributed by atoms with van der Waals surface area (Å²) in [7, 11) is 1.79. The molecule has 5 aliphatic heterocycles. The van der Waals surface area contributed by atoms with E-state index in [4.69, 9.17) is 26.8 Å². The molecule has 3 unspecified atom stereocenters. The maximum absolute atomic E-state index is 16.2. The van der Waals surface area contributed by atoms with E-state index in [2.05, 4.69) is 39.8 Å². The highest BCUT2D eigenvalue weighted by Crippen LogP contribution is 2.45. The molecule has 5 fully saturated rings. The molecule has 0 spiro atoms. The fourth-order valence-electron chi connectivity index (χ4n) is 13.2. The molecule has 3 N–H and O–H groups in total. The maximum atomic E-state index is 16.2. The van der Waals surface area contributed by atoms with Crippen molar-refractivity contribution in [1.82, 2.24) is 59.7 Å². The van der Waals surface area contributed by atoms with E-state index in [9.17, 15) is 28.8 Å².